The monoisotopic (exact) mass is 206 g/mol. The van der Waals surface area contributed by atoms with E-state index < -0.39 is 0 Å². The predicted molar refractivity (Wildman–Crippen MR) is 66.1 cm³/mol. The summed E-state index contributed by atoms with van der Waals surface area (Å²) >= 11 is 0. The molecule has 84 valence electrons. The van der Waals surface area contributed by atoms with Crippen LogP contribution in [0, 0.1) is 18.3 Å². The number of aromatic nitrogens is 1. The highest BCUT2D eigenvalue weighted by atomic mass is 15.0. The molecule has 1 N–H and O–H groups in total. The molecule has 1 atom stereocenters. The molecule has 0 aromatic carbocycles. The summed E-state index contributed by atoms with van der Waals surface area (Å²) in [7, 11) is 0. The molecule has 1 rings (SSSR count). The molecule has 2 heteroatoms. The van der Waals surface area contributed by atoms with Crippen molar-refractivity contribution in [2.75, 3.05) is 11.9 Å². The van der Waals surface area contributed by atoms with Gasteiger partial charge in [-0.05, 0) is 29.9 Å². The maximum Gasteiger partial charge on any atom is 0.128 e. The Morgan fingerprint density at radius 1 is 1.40 bits per heavy atom. The van der Waals surface area contributed by atoms with Crippen LogP contribution in [0.25, 0.3) is 0 Å². The number of aryl methyl sites for hydroxylation is 1. The molecule has 1 aromatic rings. The van der Waals surface area contributed by atoms with Crippen molar-refractivity contribution < 1.29 is 0 Å². The fraction of sp³-hybridized carbons (Fsp3) is 0.615. The molecule has 1 aromatic heterocycles. The van der Waals surface area contributed by atoms with Crippen molar-refractivity contribution in [1.82, 2.24) is 4.98 Å². The minimum Gasteiger partial charge on any atom is -0.370 e. The molecule has 0 aliphatic rings. The Kier molecular flexibility index (Phi) is 3.72. The van der Waals surface area contributed by atoms with E-state index in [1.54, 1.807) is 0 Å². The summed E-state index contributed by atoms with van der Waals surface area (Å²) in [5.41, 5.74) is 1.55. The number of hydrogen-bond donors (Lipinski definition) is 1. The SMILES string of the molecule is Cc1cccnc1NCC(C)C(C)(C)C. The first-order valence-electron chi connectivity index (χ1n) is 5.56. The topological polar surface area (TPSA) is 24.9 Å². The van der Waals surface area contributed by atoms with Gasteiger partial charge in [0.1, 0.15) is 5.82 Å². The van der Waals surface area contributed by atoms with Gasteiger partial charge in [0.2, 0.25) is 0 Å². The van der Waals surface area contributed by atoms with Crippen LogP contribution in [0.2, 0.25) is 0 Å². The molecule has 0 aliphatic heterocycles. The molecule has 1 unspecified atom stereocenters. The Morgan fingerprint density at radius 2 is 2.07 bits per heavy atom. The molecule has 0 bridgehead atoms. The lowest BCUT2D eigenvalue weighted by Crippen LogP contribution is -2.25. The van der Waals surface area contributed by atoms with Crippen LogP contribution in [-0.2, 0) is 0 Å². The number of nitrogens with zero attached hydrogens (tertiary/aromatic N) is 1. The fourth-order valence-corrected chi connectivity index (χ4v) is 1.23. The summed E-state index contributed by atoms with van der Waals surface area (Å²) < 4.78 is 0. The average Bonchev–Trinajstić information content (AvgIpc) is 2.14. The Labute approximate surface area is 93.1 Å². The fourth-order valence-electron chi connectivity index (χ4n) is 1.23. The molecule has 1 heterocycles. The van der Waals surface area contributed by atoms with Gasteiger partial charge in [-0.15, -0.1) is 0 Å². The van der Waals surface area contributed by atoms with Gasteiger partial charge in [0.15, 0.2) is 0 Å². The summed E-state index contributed by atoms with van der Waals surface area (Å²) in [5, 5.41) is 3.41. The van der Waals surface area contributed by atoms with Gasteiger partial charge in [-0.2, -0.15) is 0 Å². The van der Waals surface area contributed by atoms with Crippen LogP contribution < -0.4 is 5.32 Å². The van der Waals surface area contributed by atoms with Gasteiger partial charge in [-0.3, -0.25) is 0 Å². The van der Waals surface area contributed by atoms with Crippen molar-refractivity contribution in [3.63, 3.8) is 0 Å². The molecule has 0 fully saturated rings. The molecule has 15 heavy (non-hydrogen) atoms. The Morgan fingerprint density at radius 3 is 2.60 bits per heavy atom. The highest BCUT2D eigenvalue weighted by molar-refractivity contribution is 5.42. The van der Waals surface area contributed by atoms with Crippen molar-refractivity contribution in [1.29, 1.82) is 0 Å². The number of nitrogens with one attached hydrogen (secondary N) is 1. The first-order chi connectivity index (χ1) is 6.91. The highest BCUT2D eigenvalue weighted by Crippen LogP contribution is 2.25. The van der Waals surface area contributed by atoms with Gasteiger partial charge < -0.3 is 5.32 Å². The summed E-state index contributed by atoms with van der Waals surface area (Å²) in [6.45, 7) is 12.1. The van der Waals surface area contributed by atoms with Gasteiger partial charge >= 0.3 is 0 Å². The van der Waals surface area contributed by atoms with Gasteiger partial charge in [-0.1, -0.05) is 33.8 Å². The molecule has 0 amide bonds. The van der Waals surface area contributed by atoms with E-state index in [9.17, 15) is 0 Å². The molecule has 0 saturated carbocycles. The quantitative estimate of drug-likeness (QED) is 0.819. The van der Waals surface area contributed by atoms with Crippen LogP contribution in [0.4, 0.5) is 5.82 Å². The van der Waals surface area contributed by atoms with Crippen molar-refractivity contribution in [2.24, 2.45) is 11.3 Å². The van der Waals surface area contributed by atoms with Gasteiger partial charge in [0.05, 0.1) is 0 Å². The van der Waals surface area contributed by atoms with Crippen LogP contribution >= 0.6 is 0 Å². The number of pyridine rings is 1. The zero-order valence-corrected chi connectivity index (χ0v) is 10.5. The summed E-state index contributed by atoms with van der Waals surface area (Å²) in [4.78, 5) is 4.32. The van der Waals surface area contributed by atoms with E-state index in [-0.39, 0.29) is 0 Å². The van der Waals surface area contributed by atoms with Gasteiger partial charge in [0, 0.05) is 12.7 Å². The third-order valence-electron chi connectivity index (χ3n) is 3.06. The highest BCUT2D eigenvalue weighted by Gasteiger charge is 2.19. The van der Waals surface area contributed by atoms with E-state index in [0.717, 1.165) is 12.4 Å². The number of rotatable bonds is 3. The van der Waals surface area contributed by atoms with E-state index in [1.165, 1.54) is 5.56 Å². The van der Waals surface area contributed by atoms with Crippen molar-refractivity contribution in [2.45, 2.75) is 34.6 Å². The second-order valence-corrected chi connectivity index (χ2v) is 5.32. The van der Waals surface area contributed by atoms with Crippen LogP contribution in [0.15, 0.2) is 18.3 Å². The molecule has 2 nitrogen and oxygen atoms in total. The van der Waals surface area contributed by atoms with Crippen LogP contribution in [0.1, 0.15) is 33.3 Å². The maximum absolute atomic E-state index is 4.32. The van der Waals surface area contributed by atoms with Crippen molar-refractivity contribution in [3.8, 4) is 0 Å². The Bertz CT molecular complexity index is 313. The van der Waals surface area contributed by atoms with Gasteiger partial charge in [-0.25, -0.2) is 4.98 Å². The minimum atomic E-state index is 0.343. The summed E-state index contributed by atoms with van der Waals surface area (Å²) in [6, 6.07) is 4.05. The second kappa shape index (κ2) is 4.65. The Balaban J connectivity index is 2.55. The standard InChI is InChI=1S/C13H22N2/c1-10-7-6-8-14-12(10)15-9-11(2)13(3,4)5/h6-8,11H,9H2,1-5H3,(H,14,15). The molecule has 0 radical (unpaired) electrons. The number of anilines is 1. The molecule has 0 aliphatic carbocycles. The second-order valence-electron chi connectivity index (χ2n) is 5.32. The van der Waals surface area contributed by atoms with Crippen LogP contribution in [0.5, 0.6) is 0 Å². The molecular weight excluding hydrogens is 184 g/mol. The summed E-state index contributed by atoms with van der Waals surface area (Å²) in [5.74, 6) is 1.63. The first-order valence-corrected chi connectivity index (χ1v) is 5.56. The number of hydrogen-bond acceptors (Lipinski definition) is 2. The molecular formula is C13H22N2. The third-order valence-corrected chi connectivity index (χ3v) is 3.06. The van der Waals surface area contributed by atoms with Crippen molar-refractivity contribution in [3.05, 3.63) is 23.9 Å². The normalized spacial score (nSPS) is 13.7. The van der Waals surface area contributed by atoms with Gasteiger partial charge in [0.25, 0.3) is 0 Å². The van der Waals surface area contributed by atoms with E-state index in [0.29, 0.717) is 11.3 Å². The Hall–Kier alpha value is -1.05. The predicted octanol–water partition coefficient (Wildman–Crippen LogP) is 3.48. The first kappa shape index (κ1) is 12.0. The lowest BCUT2D eigenvalue weighted by molar-refractivity contribution is 0.274. The lowest BCUT2D eigenvalue weighted by Gasteiger charge is -2.27. The van der Waals surface area contributed by atoms with Crippen molar-refractivity contribution >= 4 is 5.82 Å². The maximum atomic E-state index is 4.32. The minimum absolute atomic E-state index is 0.343. The third kappa shape index (κ3) is 3.54. The van der Waals surface area contributed by atoms with Crippen LogP contribution in [0.3, 0.4) is 0 Å². The zero-order valence-electron chi connectivity index (χ0n) is 10.5. The molecule has 0 spiro atoms. The smallest absolute Gasteiger partial charge is 0.128 e. The molecule has 0 saturated heterocycles. The van der Waals surface area contributed by atoms with E-state index in [1.807, 2.05) is 12.3 Å². The summed E-state index contributed by atoms with van der Waals surface area (Å²) in [6.07, 6.45) is 1.83. The van der Waals surface area contributed by atoms with E-state index >= 15 is 0 Å². The van der Waals surface area contributed by atoms with E-state index in [4.69, 9.17) is 0 Å². The average molecular weight is 206 g/mol. The van der Waals surface area contributed by atoms with Crippen LogP contribution in [-0.4, -0.2) is 11.5 Å². The zero-order chi connectivity index (χ0) is 11.5. The van der Waals surface area contributed by atoms with E-state index in [2.05, 4.69) is 51.0 Å². The largest absolute Gasteiger partial charge is 0.370 e. The lowest BCUT2D eigenvalue weighted by atomic mass is 9.82.